The van der Waals surface area contributed by atoms with Gasteiger partial charge in [0, 0.05) is 6.04 Å². The van der Waals surface area contributed by atoms with Crippen molar-refractivity contribution in [3.05, 3.63) is 17.2 Å². The monoisotopic (exact) mass is 227 g/mol. The van der Waals surface area contributed by atoms with Crippen LogP contribution in [-0.2, 0) is 11.2 Å². The molecule has 1 rings (SSSR count). The van der Waals surface area contributed by atoms with Gasteiger partial charge >= 0.3 is 5.97 Å². The molecule has 1 heterocycles. The van der Waals surface area contributed by atoms with Crippen molar-refractivity contribution in [1.82, 2.24) is 9.55 Å². The fraction of sp³-hybridized carbons (Fsp3) is 0.444. The number of aliphatic carboxylic acids is 1. The lowest BCUT2D eigenvalue weighted by atomic mass is 10.2. The molecule has 0 aliphatic carbocycles. The molecule has 0 aliphatic heterocycles. The minimum absolute atomic E-state index is 0.0471. The van der Waals surface area contributed by atoms with Crippen molar-refractivity contribution in [2.75, 3.05) is 0 Å². The largest absolute Gasteiger partial charge is 0.481 e. The van der Waals surface area contributed by atoms with Gasteiger partial charge in [0.2, 0.25) is 5.28 Å². The van der Waals surface area contributed by atoms with Gasteiger partial charge in [0.1, 0.15) is 0 Å². The first kappa shape index (κ1) is 11.5. The highest BCUT2D eigenvalue weighted by Gasteiger charge is 2.16. The normalized spacial score (nSPS) is 12.1. The summed E-state index contributed by atoms with van der Waals surface area (Å²) < 4.78 is 1.57. The van der Waals surface area contributed by atoms with Gasteiger partial charge in [-0.25, -0.2) is 4.98 Å². The van der Waals surface area contributed by atoms with E-state index < -0.39 is 5.97 Å². The van der Waals surface area contributed by atoms with Gasteiger partial charge in [-0.3, -0.25) is 4.79 Å². The molecule has 0 radical (unpaired) electrons. The predicted octanol–water partition coefficient (Wildman–Crippen LogP) is 1.64. The molecule has 0 fully saturated rings. The molecule has 0 spiro atoms. The Balaban J connectivity index is 2.96. The van der Waals surface area contributed by atoms with E-state index in [-0.39, 0.29) is 24.2 Å². The lowest BCUT2D eigenvalue weighted by molar-refractivity contribution is -0.137. The zero-order valence-corrected chi connectivity index (χ0v) is 8.90. The summed E-state index contributed by atoms with van der Waals surface area (Å²) in [6.07, 6.45) is 1.61. The van der Waals surface area contributed by atoms with Gasteiger partial charge in [0.15, 0.2) is 0 Å². The molecule has 80 valence electrons. The van der Waals surface area contributed by atoms with Crippen LogP contribution >= 0.6 is 11.6 Å². The third-order valence-corrected chi connectivity index (χ3v) is 2.28. The molecule has 6 heteroatoms. The van der Waals surface area contributed by atoms with E-state index in [1.165, 1.54) is 6.20 Å². The minimum atomic E-state index is -0.907. The number of carbonyl (C=O) groups is 1. The summed E-state index contributed by atoms with van der Waals surface area (Å²) >= 11 is 5.81. The van der Waals surface area contributed by atoms with E-state index in [0.717, 1.165) is 0 Å². The topological polar surface area (TPSA) is 78.9 Å². The van der Waals surface area contributed by atoms with E-state index in [0.29, 0.717) is 5.69 Å². The number of nitrogens with zero attached hydrogens (tertiary/aromatic N) is 3. The van der Waals surface area contributed by atoms with E-state index in [4.69, 9.17) is 22.0 Å². The van der Waals surface area contributed by atoms with Crippen LogP contribution in [0.25, 0.3) is 0 Å². The number of hydrogen-bond acceptors (Lipinski definition) is 3. The Bertz CT molecular complexity index is 408. The van der Waals surface area contributed by atoms with Gasteiger partial charge in [-0.1, -0.05) is 0 Å². The van der Waals surface area contributed by atoms with E-state index in [1.807, 2.05) is 6.07 Å². The van der Waals surface area contributed by atoms with Gasteiger partial charge in [-0.15, -0.1) is 0 Å². The summed E-state index contributed by atoms with van der Waals surface area (Å²) in [5, 5.41) is 17.4. The molecule has 1 atom stereocenters. The molecule has 0 aliphatic rings. The van der Waals surface area contributed by atoms with Gasteiger partial charge in [-0.2, -0.15) is 5.26 Å². The Morgan fingerprint density at radius 2 is 2.53 bits per heavy atom. The van der Waals surface area contributed by atoms with E-state index in [9.17, 15) is 4.79 Å². The predicted molar refractivity (Wildman–Crippen MR) is 53.5 cm³/mol. The Labute approximate surface area is 91.9 Å². The number of carboxylic acids is 1. The van der Waals surface area contributed by atoms with Crippen LogP contribution in [0.5, 0.6) is 0 Å². The minimum Gasteiger partial charge on any atom is -0.481 e. The van der Waals surface area contributed by atoms with Crippen molar-refractivity contribution in [2.24, 2.45) is 0 Å². The lowest BCUT2D eigenvalue weighted by Gasteiger charge is -2.14. The number of hydrogen-bond donors (Lipinski definition) is 1. The van der Waals surface area contributed by atoms with Crippen LogP contribution in [0.2, 0.25) is 5.28 Å². The van der Waals surface area contributed by atoms with E-state index in [2.05, 4.69) is 4.98 Å². The van der Waals surface area contributed by atoms with Gasteiger partial charge < -0.3 is 9.67 Å². The highest BCUT2D eigenvalue weighted by molar-refractivity contribution is 6.28. The molecule has 0 saturated heterocycles. The lowest BCUT2D eigenvalue weighted by Crippen LogP contribution is -2.13. The number of rotatable bonds is 4. The number of halogens is 1. The van der Waals surface area contributed by atoms with Crippen molar-refractivity contribution in [3.8, 4) is 6.07 Å². The summed E-state index contributed by atoms with van der Waals surface area (Å²) in [5.74, 6) is -0.907. The Hall–Kier alpha value is -1.54. The standard InChI is InChI=1S/C9H10ClN3O2/c1-6(4-8(14)15)13-7(2-3-11)5-12-9(13)10/h5-6H,2,4H2,1H3,(H,14,15)/t6-/m0/s1. The highest BCUT2D eigenvalue weighted by atomic mass is 35.5. The van der Waals surface area contributed by atoms with Crippen molar-refractivity contribution < 1.29 is 9.90 Å². The highest BCUT2D eigenvalue weighted by Crippen LogP contribution is 2.20. The molecule has 0 amide bonds. The van der Waals surface area contributed by atoms with Crippen LogP contribution in [0.1, 0.15) is 25.1 Å². The van der Waals surface area contributed by atoms with Gasteiger partial charge in [0.05, 0.1) is 30.8 Å². The molecular formula is C9H10ClN3O2. The molecule has 0 unspecified atom stereocenters. The second-order valence-corrected chi connectivity index (χ2v) is 3.51. The SMILES string of the molecule is C[C@@H](CC(=O)O)n1c(CC#N)cnc1Cl. The smallest absolute Gasteiger partial charge is 0.305 e. The van der Waals surface area contributed by atoms with Crippen LogP contribution in [-0.4, -0.2) is 20.6 Å². The Morgan fingerprint density at radius 3 is 3.07 bits per heavy atom. The zero-order chi connectivity index (χ0) is 11.4. The second kappa shape index (κ2) is 4.80. The van der Waals surface area contributed by atoms with Crippen LogP contribution in [0.4, 0.5) is 0 Å². The number of nitriles is 1. The Kier molecular flexibility index (Phi) is 3.69. The van der Waals surface area contributed by atoms with Crippen LogP contribution in [0, 0.1) is 11.3 Å². The summed E-state index contributed by atoms with van der Waals surface area (Å²) in [7, 11) is 0. The second-order valence-electron chi connectivity index (χ2n) is 3.17. The molecule has 1 N–H and O–H groups in total. The summed E-state index contributed by atoms with van der Waals surface area (Å²) in [4.78, 5) is 14.4. The maximum absolute atomic E-state index is 10.5. The molecule has 15 heavy (non-hydrogen) atoms. The fourth-order valence-electron chi connectivity index (χ4n) is 1.39. The average molecular weight is 228 g/mol. The molecule has 1 aromatic rings. The van der Waals surface area contributed by atoms with Crippen molar-refractivity contribution in [1.29, 1.82) is 5.26 Å². The molecule has 0 aromatic carbocycles. The Morgan fingerprint density at radius 1 is 1.87 bits per heavy atom. The summed E-state index contributed by atoms with van der Waals surface area (Å²) in [5.41, 5.74) is 0.635. The maximum atomic E-state index is 10.5. The third kappa shape index (κ3) is 2.70. The first-order chi connectivity index (χ1) is 7.06. The molecule has 0 saturated carbocycles. The molecular weight excluding hydrogens is 218 g/mol. The van der Waals surface area contributed by atoms with Crippen molar-refractivity contribution in [3.63, 3.8) is 0 Å². The molecule has 5 nitrogen and oxygen atoms in total. The fourth-order valence-corrected chi connectivity index (χ4v) is 1.72. The number of aromatic nitrogens is 2. The van der Waals surface area contributed by atoms with Crippen LogP contribution in [0.3, 0.4) is 0 Å². The summed E-state index contributed by atoms with van der Waals surface area (Å²) in [6.45, 7) is 1.72. The van der Waals surface area contributed by atoms with Gasteiger partial charge in [0.25, 0.3) is 0 Å². The molecule has 0 bridgehead atoms. The first-order valence-electron chi connectivity index (χ1n) is 4.36. The van der Waals surface area contributed by atoms with Crippen molar-refractivity contribution >= 4 is 17.6 Å². The quantitative estimate of drug-likeness (QED) is 0.848. The van der Waals surface area contributed by atoms with Gasteiger partial charge in [-0.05, 0) is 18.5 Å². The zero-order valence-electron chi connectivity index (χ0n) is 8.14. The third-order valence-electron chi connectivity index (χ3n) is 2.00. The van der Waals surface area contributed by atoms with Crippen LogP contribution < -0.4 is 0 Å². The van der Waals surface area contributed by atoms with Crippen LogP contribution in [0.15, 0.2) is 6.20 Å². The first-order valence-corrected chi connectivity index (χ1v) is 4.74. The average Bonchev–Trinajstić information content (AvgIpc) is 2.46. The summed E-state index contributed by atoms with van der Waals surface area (Å²) in [6, 6.07) is 1.67. The van der Waals surface area contributed by atoms with Crippen molar-refractivity contribution in [2.45, 2.75) is 25.8 Å². The number of carboxylic acid groups (broad SMARTS) is 1. The molecule has 1 aromatic heterocycles. The van der Waals surface area contributed by atoms with E-state index >= 15 is 0 Å². The number of imidazole rings is 1. The maximum Gasteiger partial charge on any atom is 0.305 e. The van der Waals surface area contributed by atoms with E-state index in [1.54, 1.807) is 11.5 Å².